The molecule has 0 aliphatic heterocycles. The minimum atomic E-state index is 0.482. The number of ether oxygens (including phenoxy) is 1. The van der Waals surface area contributed by atoms with Crippen LogP contribution in [0.2, 0.25) is 0 Å². The second kappa shape index (κ2) is 5.29. The van der Waals surface area contributed by atoms with E-state index >= 15 is 0 Å². The lowest BCUT2D eigenvalue weighted by atomic mass is 10.1. The highest BCUT2D eigenvalue weighted by molar-refractivity contribution is 5.26. The molecule has 2 rings (SSSR count). The molecular formula is C13H19NO. The maximum Gasteiger partial charge on any atom is 0.0723 e. The largest absolute Gasteiger partial charge is 0.374 e. The van der Waals surface area contributed by atoms with E-state index in [1.54, 1.807) is 0 Å². The van der Waals surface area contributed by atoms with Crippen molar-refractivity contribution in [3.8, 4) is 0 Å². The summed E-state index contributed by atoms with van der Waals surface area (Å²) in [7, 11) is 0. The van der Waals surface area contributed by atoms with E-state index in [0.717, 1.165) is 6.61 Å². The van der Waals surface area contributed by atoms with Gasteiger partial charge in [-0.3, -0.25) is 0 Å². The first kappa shape index (κ1) is 10.7. The Kier molecular flexibility index (Phi) is 3.75. The standard InChI is InChI=1S/C13H19NO/c14-9-11-5-1-2-6-12(11)10-15-13-7-3-4-8-13/h1-2,5-6,13H,3-4,7-10,14H2. The Labute approximate surface area is 91.4 Å². The molecule has 1 aromatic rings. The molecule has 82 valence electrons. The topological polar surface area (TPSA) is 35.2 Å². The summed E-state index contributed by atoms with van der Waals surface area (Å²) in [6.07, 6.45) is 5.58. The average Bonchev–Trinajstić information content (AvgIpc) is 2.79. The van der Waals surface area contributed by atoms with Gasteiger partial charge in [-0.05, 0) is 24.0 Å². The molecule has 0 bridgehead atoms. The maximum absolute atomic E-state index is 5.88. The molecule has 0 amide bonds. The van der Waals surface area contributed by atoms with Gasteiger partial charge in [0.2, 0.25) is 0 Å². The molecule has 15 heavy (non-hydrogen) atoms. The Balaban J connectivity index is 1.91. The first-order chi connectivity index (χ1) is 7.40. The zero-order valence-electron chi connectivity index (χ0n) is 9.11. The van der Waals surface area contributed by atoms with Crippen LogP contribution in [-0.2, 0) is 17.9 Å². The second-order valence-electron chi connectivity index (χ2n) is 4.19. The lowest BCUT2D eigenvalue weighted by Gasteiger charge is -2.13. The van der Waals surface area contributed by atoms with Crippen LogP contribution in [-0.4, -0.2) is 6.10 Å². The molecule has 1 aliphatic rings. The van der Waals surface area contributed by atoms with Crippen LogP contribution in [0.4, 0.5) is 0 Å². The van der Waals surface area contributed by atoms with Crippen LogP contribution in [0.3, 0.4) is 0 Å². The predicted molar refractivity (Wildman–Crippen MR) is 61.4 cm³/mol. The van der Waals surface area contributed by atoms with Gasteiger partial charge in [0.05, 0.1) is 12.7 Å². The van der Waals surface area contributed by atoms with E-state index in [0.29, 0.717) is 12.6 Å². The van der Waals surface area contributed by atoms with E-state index in [-0.39, 0.29) is 0 Å². The van der Waals surface area contributed by atoms with Crippen molar-refractivity contribution >= 4 is 0 Å². The van der Waals surface area contributed by atoms with E-state index in [4.69, 9.17) is 10.5 Å². The minimum Gasteiger partial charge on any atom is -0.374 e. The molecule has 0 spiro atoms. The van der Waals surface area contributed by atoms with Gasteiger partial charge < -0.3 is 10.5 Å². The summed E-state index contributed by atoms with van der Waals surface area (Å²) in [6.45, 7) is 1.32. The van der Waals surface area contributed by atoms with Crippen molar-refractivity contribution in [1.82, 2.24) is 0 Å². The molecule has 2 N–H and O–H groups in total. The molecule has 1 fully saturated rings. The van der Waals surface area contributed by atoms with Gasteiger partial charge in [0.25, 0.3) is 0 Å². The van der Waals surface area contributed by atoms with Crippen LogP contribution >= 0.6 is 0 Å². The van der Waals surface area contributed by atoms with Gasteiger partial charge in [-0.25, -0.2) is 0 Å². The highest BCUT2D eigenvalue weighted by atomic mass is 16.5. The van der Waals surface area contributed by atoms with Crippen molar-refractivity contribution in [2.24, 2.45) is 5.73 Å². The molecule has 0 aromatic heterocycles. The molecule has 2 heteroatoms. The molecule has 0 atom stereocenters. The molecule has 1 aliphatic carbocycles. The number of hydrogen-bond donors (Lipinski definition) is 1. The third-order valence-electron chi connectivity index (χ3n) is 3.12. The zero-order valence-corrected chi connectivity index (χ0v) is 9.11. The van der Waals surface area contributed by atoms with Crippen LogP contribution in [0.5, 0.6) is 0 Å². The van der Waals surface area contributed by atoms with E-state index in [2.05, 4.69) is 12.1 Å². The molecule has 0 heterocycles. The van der Waals surface area contributed by atoms with E-state index in [9.17, 15) is 0 Å². The first-order valence-electron chi connectivity index (χ1n) is 5.78. The smallest absolute Gasteiger partial charge is 0.0723 e. The summed E-state index contributed by atoms with van der Waals surface area (Å²) in [4.78, 5) is 0. The lowest BCUT2D eigenvalue weighted by molar-refractivity contribution is 0.0453. The second-order valence-corrected chi connectivity index (χ2v) is 4.19. The fourth-order valence-electron chi connectivity index (χ4n) is 2.16. The SMILES string of the molecule is NCc1ccccc1COC1CCCC1. The first-order valence-corrected chi connectivity index (χ1v) is 5.78. The van der Waals surface area contributed by atoms with Crippen molar-refractivity contribution < 1.29 is 4.74 Å². The minimum absolute atomic E-state index is 0.482. The van der Waals surface area contributed by atoms with Gasteiger partial charge in [-0.15, -0.1) is 0 Å². The number of nitrogens with two attached hydrogens (primary N) is 1. The van der Waals surface area contributed by atoms with Crippen LogP contribution in [0.25, 0.3) is 0 Å². The van der Waals surface area contributed by atoms with Crippen LogP contribution in [0, 0.1) is 0 Å². The van der Waals surface area contributed by atoms with E-state index in [1.807, 2.05) is 12.1 Å². The molecule has 0 unspecified atom stereocenters. The van der Waals surface area contributed by atoms with Gasteiger partial charge in [-0.1, -0.05) is 37.1 Å². The highest BCUT2D eigenvalue weighted by Gasteiger charge is 2.15. The zero-order chi connectivity index (χ0) is 10.5. The third-order valence-corrected chi connectivity index (χ3v) is 3.12. The fraction of sp³-hybridized carbons (Fsp3) is 0.538. The number of rotatable bonds is 4. The summed E-state index contributed by atoms with van der Waals surface area (Å²) in [5, 5.41) is 0. The van der Waals surface area contributed by atoms with Crippen LogP contribution in [0.1, 0.15) is 36.8 Å². The van der Waals surface area contributed by atoms with Gasteiger partial charge >= 0.3 is 0 Å². The molecule has 2 nitrogen and oxygen atoms in total. The Morgan fingerprint density at radius 2 is 1.80 bits per heavy atom. The monoisotopic (exact) mass is 205 g/mol. The van der Waals surface area contributed by atoms with Crippen molar-refractivity contribution in [3.63, 3.8) is 0 Å². The Bertz CT molecular complexity index is 305. The summed E-state index contributed by atoms with van der Waals surface area (Å²) >= 11 is 0. The maximum atomic E-state index is 5.88. The van der Waals surface area contributed by atoms with Crippen molar-refractivity contribution in [2.75, 3.05) is 0 Å². The van der Waals surface area contributed by atoms with E-state index < -0.39 is 0 Å². The summed E-state index contributed by atoms with van der Waals surface area (Å²) in [5.74, 6) is 0. The average molecular weight is 205 g/mol. The molecule has 0 radical (unpaired) electrons. The normalized spacial score (nSPS) is 17.1. The van der Waals surface area contributed by atoms with E-state index in [1.165, 1.54) is 36.8 Å². The van der Waals surface area contributed by atoms with Gasteiger partial charge in [0, 0.05) is 6.54 Å². The van der Waals surface area contributed by atoms with Crippen molar-refractivity contribution in [2.45, 2.75) is 44.9 Å². The lowest BCUT2D eigenvalue weighted by Crippen LogP contribution is -2.09. The van der Waals surface area contributed by atoms with Gasteiger partial charge in [-0.2, -0.15) is 0 Å². The van der Waals surface area contributed by atoms with Crippen LogP contribution in [0.15, 0.2) is 24.3 Å². The van der Waals surface area contributed by atoms with Crippen molar-refractivity contribution in [3.05, 3.63) is 35.4 Å². The highest BCUT2D eigenvalue weighted by Crippen LogP contribution is 2.22. The van der Waals surface area contributed by atoms with Crippen molar-refractivity contribution in [1.29, 1.82) is 0 Å². The summed E-state index contributed by atoms with van der Waals surface area (Å²) in [6, 6.07) is 8.26. The molecule has 0 saturated heterocycles. The molecule has 1 saturated carbocycles. The van der Waals surface area contributed by atoms with Gasteiger partial charge in [0.1, 0.15) is 0 Å². The molecular weight excluding hydrogens is 186 g/mol. The third kappa shape index (κ3) is 2.80. The summed E-state index contributed by atoms with van der Waals surface area (Å²) in [5.41, 5.74) is 8.13. The molecule has 1 aromatic carbocycles. The van der Waals surface area contributed by atoms with Crippen LogP contribution < -0.4 is 5.73 Å². The fourth-order valence-corrected chi connectivity index (χ4v) is 2.16. The Morgan fingerprint density at radius 3 is 2.47 bits per heavy atom. The number of benzene rings is 1. The quantitative estimate of drug-likeness (QED) is 0.820. The Hall–Kier alpha value is -0.860. The Morgan fingerprint density at radius 1 is 1.13 bits per heavy atom. The predicted octanol–water partition coefficient (Wildman–Crippen LogP) is 2.60. The number of hydrogen-bond acceptors (Lipinski definition) is 2. The summed E-state index contributed by atoms with van der Waals surface area (Å²) < 4.78 is 5.88. The van der Waals surface area contributed by atoms with Gasteiger partial charge in [0.15, 0.2) is 0 Å².